The molecule has 2 N–H and O–H groups in total. The summed E-state index contributed by atoms with van der Waals surface area (Å²) in [5, 5.41) is 2.61. The number of thiazole rings is 1. The van der Waals surface area contributed by atoms with Crippen LogP contribution in [-0.2, 0) is 11.2 Å². The van der Waals surface area contributed by atoms with Crippen molar-refractivity contribution >= 4 is 17.2 Å². The molecule has 0 saturated carbocycles. The number of carbonyl (C=O) groups excluding carboxylic acids is 1. The highest BCUT2D eigenvalue weighted by Crippen LogP contribution is 2.25. The lowest BCUT2D eigenvalue weighted by molar-refractivity contribution is -0.0244. The molecular weight excluding hydrogens is 317 g/mol. The standard InChI is InChI=1S/C16H18FN3O2S/c17-12-4-2-1-3-11(12)14-9-20(7-8-22-14)16(21)13-10-23-15(19-13)5-6-18/h1-4,10,14H,5-9,18H2. The number of aromatic nitrogens is 1. The molecule has 1 amide bonds. The average Bonchev–Trinajstić information content (AvgIpc) is 3.04. The summed E-state index contributed by atoms with van der Waals surface area (Å²) in [5.41, 5.74) is 6.41. The Kier molecular flexibility index (Phi) is 5.00. The van der Waals surface area contributed by atoms with E-state index in [4.69, 9.17) is 10.5 Å². The van der Waals surface area contributed by atoms with Crippen LogP contribution in [0.3, 0.4) is 0 Å². The van der Waals surface area contributed by atoms with Crippen LogP contribution < -0.4 is 5.73 Å². The first-order valence-corrected chi connectivity index (χ1v) is 8.36. The highest BCUT2D eigenvalue weighted by Gasteiger charge is 2.28. The van der Waals surface area contributed by atoms with E-state index in [9.17, 15) is 9.18 Å². The predicted molar refractivity (Wildman–Crippen MR) is 85.9 cm³/mol. The first kappa shape index (κ1) is 16.0. The van der Waals surface area contributed by atoms with E-state index in [1.807, 2.05) is 0 Å². The van der Waals surface area contributed by atoms with Gasteiger partial charge >= 0.3 is 0 Å². The lowest BCUT2D eigenvalue weighted by Gasteiger charge is -2.32. The minimum atomic E-state index is -0.448. The Balaban J connectivity index is 1.72. The first-order valence-electron chi connectivity index (χ1n) is 7.49. The molecule has 122 valence electrons. The number of nitrogens with two attached hydrogens (primary N) is 1. The van der Waals surface area contributed by atoms with Crippen molar-refractivity contribution < 1.29 is 13.9 Å². The third kappa shape index (κ3) is 3.57. The largest absolute Gasteiger partial charge is 0.370 e. The molecule has 1 aliphatic heterocycles. The minimum Gasteiger partial charge on any atom is -0.370 e. The van der Waals surface area contributed by atoms with Gasteiger partial charge in [-0.25, -0.2) is 9.37 Å². The number of ether oxygens (including phenoxy) is 1. The van der Waals surface area contributed by atoms with Gasteiger partial charge < -0.3 is 15.4 Å². The van der Waals surface area contributed by atoms with Crippen LogP contribution in [0.4, 0.5) is 4.39 Å². The van der Waals surface area contributed by atoms with Crippen molar-refractivity contribution in [3.05, 3.63) is 51.7 Å². The number of carbonyl (C=O) groups is 1. The predicted octanol–water partition coefficient (Wildman–Crippen LogP) is 2.00. The van der Waals surface area contributed by atoms with Crippen molar-refractivity contribution in [2.75, 3.05) is 26.2 Å². The topological polar surface area (TPSA) is 68.5 Å². The van der Waals surface area contributed by atoms with Gasteiger partial charge in [0.1, 0.15) is 17.6 Å². The Morgan fingerprint density at radius 3 is 3.09 bits per heavy atom. The summed E-state index contributed by atoms with van der Waals surface area (Å²) in [6, 6.07) is 6.50. The third-order valence-electron chi connectivity index (χ3n) is 3.73. The second-order valence-electron chi connectivity index (χ2n) is 5.30. The molecule has 1 atom stereocenters. The van der Waals surface area contributed by atoms with Gasteiger partial charge in [0, 0.05) is 23.9 Å². The summed E-state index contributed by atoms with van der Waals surface area (Å²) in [7, 11) is 0. The molecule has 7 heteroatoms. The Morgan fingerprint density at radius 1 is 1.48 bits per heavy atom. The Hall–Kier alpha value is -1.83. The van der Waals surface area contributed by atoms with Crippen molar-refractivity contribution in [3.63, 3.8) is 0 Å². The fourth-order valence-electron chi connectivity index (χ4n) is 2.57. The Bertz CT molecular complexity index is 691. The molecule has 23 heavy (non-hydrogen) atoms. The molecule has 1 fully saturated rings. The zero-order chi connectivity index (χ0) is 16.2. The van der Waals surface area contributed by atoms with Crippen LogP contribution in [-0.4, -0.2) is 42.0 Å². The van der Waals surface area contributed by atoms with Crippen molar-refractivity contribution in [2.45, 2.75) is 12.5 Å². The second kappa shape index (κ2) is 7.16. The molecule has 2 aromatic rings. The van der Waals surface area contributed by atoms with Gasteiger partial charge in [-0.05, 0) is 12.6 Å². The molecule has 1 unspecified atom stereocenters. The van der Waals surface area contributed by atoms with Gasteiger partial charge in [0.2, 0.25) is 0 Å². The number of halogens is 1. The van der Waals surface area contributed by atoms with E-state index in [1.165, 1.54) is 17.4 Å². The summed E-state index contributed by atoms with van der Waals surface area (Å²) in [5.74, 6) is -0.458. The van der Waals surface area contributed by atoms with E-state index in [0.29, 0.717) is 43.9 Å². The van der Waals surface area contributed by atoms with E-state index in [-0.39, 0.29) is 11.7 Å². The molecule has 1 aromatic carbocycles. The Labute approximate surface area is 137 Å². The molecule has 0 spiro atoms. The summed E-state index contributed by atoms with van der Waals surface area (Å²) in [6.07, 6.45) is 0.217. The van der Waals surface area contributed by atoms with Crippen molar-refractivity contribution in [1.82, 2.24) is 9.88 Å². The van der Waals surface area contributed by atoms with Crippen LogP contribution in [0.2, 0.25) is 0 Å². The number of rotatable bonds is 4. The quantitative estimate of drug-likeness (QED) is 0.928. The molecular formula is C16H18FN3O2S. The molecule has 5 nitrogen and oxygen atoms in total. The lowest BCUT2D eigenvalue weighted by Crippen LogP contribution is -2.42. The van der Waals surface area contributed by atoms with Crippen LogP contribution >= 0.6 is 11.3 Å². The van der Waals surface area contributed by atoms with Crippen LogP contribution in [0.1, 0.15) is 27.2 Å². The number of amides is 1. The highest BCUT2D eigenvalue weighted by molar-refractivity contribution is 7.09. The first-order chi connectivity index (χ1) is 11.2. The van der Waals surface area contributed by atoms with Gasteiger partial charge in [-0.1, -0.05) is 18.2 Å². The summed E-state index contributed by atoms with van der Waals surface area (Å²) >= 11 is 1.44. The number of hydrogen-bond acceptors (Lipinski definition) is 5. The average molecular weight is 335 g/mol. The van der Waals surface area contributed by atoms with Crippen LogP contribution in [0, 0.1) is 5.82 Å². The van der Waals surface area contributed by atoms with Crippen molar-refractivity contribution in [2.24, 2.45) is 5.73 Å². The fourth-order valence-corrected chi connectivity index (χ4v) is 3.36. The maximum absolute atomic E-state index is 13.9. The van der Waals surface area contributed by atoms with Gasteiger partial charge in [-0.2, -0.15) is 0 Å². The summed E-state index contributed by atoms with van der Waals surface area (Å²) in [4.78, 5) is 18.6. The van der Waals surface area contributed by atoms with Gasteiger partial charge in [-0.3, -0.25) is 4.79 Å². The normalized spacial score (nSPS) is 18.2. The van der Waals surface area contributed by atoms with Crippen LogP contribution in [0.5, 0.6) is 0 Å². The highest BCUT2D eigenvalue weighted by atomic mass is 32.1. The van der Waals surface area contributed by atoms with Gasteiger partial charge in [-0.15, -0.1) is 11.3 Å². The number of morpholine rings is 1. The fraction of sp³-hybridized carbons (Fsp3) is 0.375. The van der Waals surface area contributed by atoms with Crippen molar-refractivity contribution in [3.8, 4) is 0 Å². The van der Waals surface area contributed by atoms with Gasteiger partial charge in [0.15, 0.2) is 0 Å². The van der Waals surface area contributed by atoms with E-state index < -0.39 is 6.10 Å². The molecule has 3 rings (SSSR count). The summed E-state index contributed by atoms with van der Waals surface area (Å²) < 4.78 is 19.5. The monoisotopic (exact) mass is 335 g/mol. The Morgan fingerprint density at radius 2 is 2.30 bits per heavy atom. The van der Waals surface area contributed by atoms with E-state index in [1.54, 1.807) is 28.5 Å². The number of hydrogen-bond donors (Lipinski definition) is 1. The lowest BCUT2D eigenvalue weighted by atomic mass is 10.1. The second-order valence-corrected chi connectivity index (χ2v) is 6.24. The number of benzene rings is 1. The molecule has 0 radical (unpaired) electrons. The molecule has 1 saturated heterocycles. The minimum absolute atomic E-state index is 0.144. The zero-order valence-corrected chi connectivity index (χ0v) is 13.4. The van der Waals surface area contributed by atoms with Crippen LogP contribution in [0.15, 0.2) is 29.6 Å². The summed E-state index contributed by atoms with van der Waals surface area (Å²) in [6.45, 7) is 1.69. The molecule has 1 aromatic heterocycles. The number of nitrogens with zero attached hydrogens (tertiary/aromatic N) is 2. The SMILES string of the molecule is NCCc1nc(C(=O)N2CCOC(c3ccccc3F)C2)cs1. The maximum Gasteiger partial charge on any atom is 0.273 e. The molecule has 0 bridgehead atoms. The smallest absolute Gasteiger partial charge is 0.273 e. The van der Waals surface area contributed by atoms with Gasteiger partial charge in [0.25, 0.3) is 5.91 Å². The molecule has 2 heterocycles. The molecule has 1 aliphatic rings. The maximum atomic E-state index is 13.9. The van der Waals surface area contributed by atoms with Crippen molar-refractivity contribution in [1.29, 1.82) is 0 Å². The van der Waals surface area contributed by atoms with E-state index in [2.05, 4.69) is 4.98 Å². The molecule has 0 aliphatic carbocycles. The third-order valence-corrected chi connectivity index (χ3v) is 4.64. The van der Waals surface area contributed by atoms with E-state index in [0.717, 1.165) is 5.01 Å². The zero-order valence-electron chi connectivity index (χ0n) is 12.6. The van der Waals surface area contributed by atoms with Crippen LogP contribution in [0.25, 0.3) is 0 Å². The van der Waals surface area contributed by atoms with E-state index >= 15 is 0 Å². The van der Waals surface area contributed by atoms with Gasteiger partial charge in [0.05, 0.1) is 18.2 Å².